The van der Waals surface area contributed by atoms with Crippen LogP contribution in [0, 0.1) is 15.5 Å². The maximum Gasteiger partial charge on any atom is 0.292 e. The van der Waals surface area contributed by atoms with Crippen LogP contribution in [0.1, 0.15) is 39.5 Å². The van der Waals surface area contributed by atoms with Crippen LogP contribution in [0.25, 0.3) is 0 Å². The van der Waals surface area contributed by atoms with E-state index >= 15 is 0 Å². The summed E-state index contributed by atoms with van der Waals surface area (Å²) >= 11 is 5.92. The van der Waals surface area contributed by atoms with Crippen LogP contribution >= 0.6 is 11.6 Å². The molecular weight excluding hydrogens is 264 g/mol. The molecule has 0 heterocycles. The summed E-state index contributed by atoms with van der Waals surface area (Å²) in [4.78, 5) is 10.6. The second-order valence-electron chi connectivity index (χ2n) is 6.00. The third kappa shape index (κ3) is 3.60. The third-order valence-corrected chi connectivity index (χ3v) is 4.09. The first-order valence-corrected chi connectivity index (χ1v) is 6.96. The maximum atomic E-state index is 11.0. The molecule has 4 nitrogen and oxygen atoms in total. The lowest BCUT2D eigenvalue weighted by Crippen LogP contribution is -2.30. The summed E-state index contributed by atoms with van der Waals surface area (Å²) in [7, 11) is 0. The Bertz CT molecular complexity index is 478. The van der Waals surface area contributed by atoms with Crippen LogP contribution in [0.4, 0.5) is 11.4 Å². The van der Waals surface area contributed by atoms with Gasteiger partial charge in [-0.2, -0.15) is 0 Å². The van der Waals surface area contributed by atoms with Crippen LogP contribution < -0.4 is 5.32 Å². The second kappa shape index (κ2) is 5.37. The molecule has 1 aromatic rings. The van der Waals surface area contributed by atoms with Crippen LogP contribution in [0.3, 0.4) is 0 Å². The zero-order valence-electron chi connectivity index (χ0n) is 11.3. The number of hydrogen-bond acceptors (Lipinski definition) is 3. The quantitative estimate of drug-likeness (QED) is 0.649. The molecule has 0 saturated heterocycles. The van der Waals surface area contributed by atoms with Crippen molar-refractivity contribution in [2.45, 2.75) is 45.6 Å². The van der Waals surface area contributed by atoms with Crippen LogP contribution in [-0.4, -0.2) is 11.0 Å². The highest BCUT2D eigenvalue weighted by molar-refractivity contribution is 6.31. The van der Waals surface area contributed by atoms with Gasteiger partial charge in [-0.3, -0.25) is 10.1 Å². The largest absolute Gasteiger partial charge is 0.377 e. The lowest BCUT2D eigenvalue weighted by Gasteiger charge is -2.35. The Morgan fingerprint density at radius 1 is 1.37 bits per heavy atom. The Kier molecular flexibility index (Phi) is 3.99. The first kappa shape index (κ1) is 14.1. The van der Waals surface area contributed by atoms with E-state index in [-0.39, 0.29) is 10.6 Å². The average molecular weight is 283 g/mol. The molecular formula is C14H19ClN2O2. The van der Waals surface area contributed by atoms with E-state index in [4.69, 9.17) is 11.6 Å². The average Bonchev–Trinajstić information content (AvgIpc) is 2.31. The SMILES string of the molecule is CC1(C)CCC(Nc2cc(Cl)ccc2[N+](=O)[O-])CC1. The number of nitro benzene ring substituents is 1. The molecule has 1 fully saturated rings. The molecule has 2 rings (SSSR count). The standard InChI is InChI=1S/C14H19ClN2O2/c1-14(2)7-5-11(6-8-14)16-12-9-10(15)3-4-13(12)17(18)19/h3-4,9,11,16H,5-8H2,1-2H3. The molecule has 0 unspecified atom stereocenters. The highest BCUT2D eigenvalue weighted by atomic mass is 35.5. The van der Waals surface area contributed by atoms with Crippen molar-refractivity contribution in [1.29, 1.82) is 0 Å². The summed E-state index contributed by atoms with van der Waals surface area (Å²) in [5.74, 6) is 0. The Hall–Kier alpha value is -1.29. The maximum absolute atomic E-state index is 11.0. The van der Waals surface area contributed by atoms with E-state index in [1.807, 2.05) is 0 Å². The first-order chi connectivity index (χ1) is 8.87. The van der Waals surface area contributed by atoms with Crippen molar-refractivity contribution in [3.63, 3.8) is 0 Å². The van der Waals surface area contributed by atoms with E-state index in [9.17, 15) is 10.1 Å². The summed E-state index contributed by atoms with van der Waals surface area (Å²) in [5.41, 5.74) is 1.01. The van der Waals surface area contributed by atoms with Gasteiger partial charge in [-0.15, -0.1) is 0 Å². The van der Waals surface area contributed by atoms with Crippen molar-refractivity contribution in [2.75, 3.05) is 5.32 Å². The zero-order valence-corrected chi connectivity index (χ0v) is 12.0. The monoisotopic (exact) mass is 282 g/mol. The normalized spacial score (nSPS) is 19.1. The lowest BCUT2D eigenvalue weighted by molar-refractivity contribution is -0.384. The van der Waals surface area contributed by atoms with E-state index < -0.39 is 0 Å². The number of rotatable bonds is 3. The summed E-state index contributed by atoms with van der Waals surface area (Å²) in [6.07, 6.45) is 4.35. The minimum atomic E-state index is -0.370. The van der Waals surface area contributed by atoms with Crippen LogP contribution in [0.2, 0.25) is 5.02 Å². The molecule has 0 aliphatic heterocycles. The number of nitrogens with one attached hydrogen (secondary N) is 1. The van der Waals surface area contributed by atoms with Crippen molar-refractivity contribution >= 4 is 23.0 Å². The van der Waals surface area contributed by atoms with Gasteiger partial charge in [0.15, 0.2) is 0 Å². The van der Waals surface area contributed by atoms with E-state index in [0.717, 1.165) is 25.7 Å². The van der Waals surface area contributed by atoms with Gasteiger partial charge in [0.25, 0.3) is 5.69 Å². The van der Waals surface area contributed by atoms with Gasteiger partial charge >= 0.3 is 0 Å². The van der Waals surface area contributed by atoms with Crippen LogP contribution in [0.5, 0.6) is 0 Å². The molecule has 1 N–H and O–H groups in total. The molecule has 1 aromatic carbocycles. The fraction of sp³-hybridized carbons (Fsp3) is 0.571. The topological polar surface area (TPSA) is 55.2 Å². The molecule has 1 aliphatic rings. The zero-order chi connectivity index (χ0) is 14.0. The molecule has 0 radical (unpaired) electrons. The second-order valence-corrected chi connectivity index (χ2v) is 6.44. The van der Waals surface area contributed by atoms with Gasteiger partial charge in [0.2, 0.25) is 0 Å². The number of halogens is 1. The van der Waals surface area contributed by atoms with Gasteiger partial charge in [-0.25, -0.2) is 0 Å². The molecule has 0 aromatic heterocycles. The van der Waals surface area contributed by atoms with Crippen molar-refractivity contribution in [2.24, 2.45) is 5.41 Å². The number of nitro groups is 1. The van der Waals surface area contributed by atoms with E-state index in [2.05, 4.69) is 19.2 Å². The first-order valence-electron chi connectivity index (χ1n) is 6.58. The van der Waals surface area contributed by atoms with E-state index in [1.165, 1.54) is 6.07 Å². The van der Waals surface area contributed by atoms with Gasteiger partial charge in [0.1, 0.15) is 5.69 Å². The Balaban J connectivity index is 2.11. The fourth-order valence-corrected chi connectivity index (χ4v) is 2.72. The molecule has 104 valence electrons. The van der Waals surface area contributed by atoms with Crippen molar-refractivity contribution < 1.29 is 4.92 Å². The minimum absolute atomic E-state index is 0.0919. The smallest absolute Gasteiger partial charge is 0.292 e. The molecule has 0 spiro atoms. The van der Waals surface area contributed by atoms with Crippen molar-refractivity contribution in [3.8, 4) is 0 Å². The van der Waals surface area contributed by atoms with Crippen LogP contribution in [0.15, 0.2) is 18.2 Å². The predicted octanol–water partition coefficient (Wildman–Crippen LogP) is 4.63. The van der Waals surface area contributed by atoms with Gasteiger partial charge in [0.05, 0.1) is 4.92 Å². The molecule has 0 atom stereocenters. The highest BCUT2D eigenvalue weighted by Crippen LogP contribution is 2.37. The number of anilines is 1. The Morgan fingerprint density at radius 2 is 2.00 bits per heavy atom. The molecule has 5 heteroatoms. The number of hydrogen-bond donors (Lipinski definition) is 1. The molecule has 0 bridgehead atoms. The van der Waals surface area contributed by atoms with Crippen molar-refractivity contribution in [3.05, 3.63) is 33.3 Å². The minimum Gasteiger partial charge on any atom is -0.377 e. The number of nitrogens with zero attached hydrogens (tertiary/aromatic N) is 1. The summed E-state index contributed by atoms with van der Waals surface area (Å²) < 4.78 is 0. The Morgan fingerprint density at radius 3 is 2.58 bits per heavy atom. The van der Waals surface area contributed by atoms with E-state index in [0.29, 0.717) is 22.2 Å². The summed E-state index contributed by atoms with van der Waals surface area (Å²) in [5, 5.41) is 14.8. The molecule has 0 amide bonds. The van der Waals surface area contributed by atoms with Gasteiger partial charge in [-0.05, 0) is 43.2 Å². The fourth-order valence-electron chi connectivity index (χ4n) is 2.55. The number of benzene rings is 1. The van der Waals surface area contributed by atoms with E-state index in [1.54, 1.807) is 12.1 Å². The van der Waals surface area contributed by atoms with Gasteiger partial charge < -0.3 is 5.32 Å². The predicted molar refractivity (Wildman–Crippen MR) is 77.8 cm³/mol. The van der Waals surface area contributed by atoms with Crippen LogP contribution in [-0.2, 0) is 0 Å². The Labute approximate surface area is 118 Å². The summed E-state index contributed by atoms with van der Waals surface area (Å²) in [6.45, 7) is 4.54. The van der Waals surface area contributed by atoms with Gasteiger partial charge in [0, 0.05) is 17.1 Å². The highest BCUT2D eigenvalue weighted by Gasteiger charge is 2.27. The molecule has 1 aliphatic carbocycles. The molecule has 19 heavy (non-hydrogen) atoms. The summed E-state index contributed by atoms with van der Waals surface area (Å²) in [6, 6.07) is 4.94. The lowest BCUT2D eigenvalue weighted by atomic mass is 9.75. The van der Waals surface area contributed by atoms with Gasteiger partial charge in [-0.1, -0.05) is 25.4 Å². The molecule has 1 saturated carbocycles. The van der Waals surface area contributed by atoms with Crippen molar-refractivity contribution in [1.82, 2.24) is 0 Å². The third-order valence-electron chi connectivity index (χ3n) is 3.85.